The molecule has 8 heteroatoms. The number of nitrogens with zero attached hydrogens (tertiary/aromatic N) is 2. The van der Waals surface area contributed by atoms with E-state index in [4.69, 9.17) is 0 Å². The topological polar surface area (TPSA) is 117 Å². The Hall–Kier alpha value is -4.07. The molecule has 0 atom stereocenters. The SMILES string of the molecule is O=C(NNC(=O)c1n[nH]c(=O)c2ccccc12)c1ccc2ccccc2n1. The van der Waals surface area contributed by atoms with E-state index in [9.17, 15) is 14.4 Å². The minimum atomic E-state index is -0.656. The molecule has 0 aliphatic carbocycles. The van der Waals surface area contributed by atoms with Gasteiger partial charge in [0.1, 0.15) is 5.69 Å². The number of amides is 2. The van der Waals surface area contributed by atoms with Gasteiger partial charge in [-0.05, 0) is 18.2 Å². The Balaban J connectivity index is 1.54. The molecule has 0 saturated heterocycles. The number of carbonyl (C=O) groups excluding carboxylic acids is 2. The van der Waals surface area contributed by atoms with Crippen LogP contribution < -0.4 is 16.4 Å². The number of pyridine rings is 1. The van der Waals surface area contributed by atoms with Gasteiger partial charge in [-0.2, -0.15) is 5.10 Å². The zero-order valence-electron chi connectivity index (χ0n) is 13.9. The fraction of sp³-hybridized carbons (Fsp3) is 0. The van der Waals surface area contributed by atoms with Crippen LogP contribution in [-0.2, 0) is 0 Å². The van der Waals surface area contributed by atoms with Crippen molar-refractivity contribution in [2.45, 2.75) is 0 Å². The number of aromatic amines is 1. The third-order valence-electron chi connectivity index (χ3n) is 4.03. The Morgan fingerprint density at radius 3 is 2.37 bits per heavy atom. The van der Waals surface area contributed by atoms with Gasteiger partial charge in [-0.1, -0.05) is 42.5 Å². The third kappa shape index (κ3) is 3.11. The summed E-state index contributed by atoms with van der Waals surface area (Å²) in [6, 6.07) is 17.3. The monoisotopic (exact) mass is 359 g/mol. The van der Waals surface area contributed by atoms with E-state index < -0.39 is 17.4 Å². The van der Waals surface area contributed by atoms with Crippen LogP contribution in [0.2, 0.25) is 0 Å². The molecule has 2 aromatic heterocycles. The van der Waals surface area contributed by atoms with Crippen LogP contribution in [0.4, 0.5) is 0 Å². The third-order valence-corrected chi connectivity index (χ3v) is 4.03. The van der Waals surface area contributed by atoms with Crippen LogP contribution in [0.5, 0.6) is 0 Å². The molecule has 2 amide bonds. The van der Waals surface area contributed by atoms with E-state index in [1.807, 2.05) is 18.2 Å². The van der Waals surface area contributed by atoms with Gasteiger partial charge in [0.25, 0.3) is 17.4 Å². The van der Waals surface area contributed by atoms with Gasteiger partial charge in [0, 0.05) is 10.8 Å². The van der Waals surface area contributed by atoms with Crippen molar-refractivity contribution in [1.29, 1.82) is 0 Å². The molecule has 4 rings (SSSR count). The Morgan fingerprint density at radius 2 is 1.52 bits per heavy atom. The first kappa shape index (κ1) is 16.4. The highest BCUT2D eigenvalue weighted by Crippen LogP contribution is 2.13. The molecular formula is C19H13N5O3. The largest absolute Gasteiger partial charge is 0.290 e. The minimum Gasteiger partial charge on any atom is -0.267 e. The van der Waals surface area contributed by atoms with Crippen molar-refractivity contribution in [3.8, 4) is 0 Å². The fourth-order valence-electron chi connectivity index (χ4n) is 2.72. The number of hydrogen-bond donors (Lipinski definition) is 3. The van der Waals surface area contributed by atoms with Crippen molar-refractivity contribution in [3.05, 3.63) is 82.4 Å². The summed E-state index contributed by atoms with van der Waals surface area (Å²) in [6.07, 6.45) is 0. The van der Waals surface area contributed by atoms with E-state index in [1.165, 1.54) is 0 Å². The summed E-state index contributed by atoms with van der Waals surface area (Å²) in [4.78, 5) is 40.7. The minimum absolute atomic E-state index is 0.00280. The number of rotatable bonds is 2. The predicted molar refractivity (Wildman–Crippen MR) is 99.0 cm³/mol. The fourth-order valence-corrected chi connectivity index (χ4v) is 2.72. The number of carbonyl (C=O) groups is 2. The Morgan fingerprint density at radius 1 is 0.815 bits per heavy atom. The number of fused-ring (bicyclic) bond motifs is 2. The summed E-state index contributed by atoms with van der Waals surface area (Å²) in [7, 11) is 0. The summed E-state index contributed by atoms with van der Waals surface area (Å²) in [5.41, 5.74) is 5.03. The molecule has 0 fully saturated rings. The van der Waals surface area contributed by atoms with E-state index in [2.05, 4.69) is 26.0 Å². The number of para-hydroxylation sites is 1. The van der Waals surface area contributed by atoms with E-state index in [0.29, 0.717) is 16.3 Å². The van der Waals surface area contributed by atoms with E-state index in [1.54, 1.807) is 42.5 Å². The lowest BCUT2D eigenvalue weighted by atomic mass is 10.1. The highest BCUT2D eigenvalue weighted by molar-refractivity contribution is 6.05. The summed E-state index contributed by atoms with van der Waals surface area (Å²) >= 11 is 0. The van der Waals surface area contributed by atoms with Gasteiger partial charge in [-0.25, -0.2) is 10.1 Å². The molecule has 2 heterocycles. The summed E-state index contributed by atoms with van der Waals surface area (Å²) in [5, 5.41) is 7.68. The molecule has 3 N–H and O–H groups in total. The van der Waals surface area contributed by atoms with Gasteiger partial charge in [0.15, 0.2) is 5.69 Å². The molecule has 0 aliphatic heterocycles. The summed E-state index contributed by atoms with van der Waals surface area (Å²) in [5.74, 6) is -1.22. The molecule has 4 aromatic rings. The van der Waals surface area contributed by atoms with Gasteiger partial charge in [0.05, 0.1) is 10.9 Å². The lowest BCUT2D eigenvalue weighted by Crippen LogP contribution is -2.42. The summed E-state index contributed by atoms with van der Waals surface area (Å²) in [6.45, 7) is 0. The van der Waals surface area contributed by atoms with E-state index >= 15 is 0 Å². The lowest BCUT2D eigenvalue weighted by Gasteiger charge is -2.08. The second-order valence-corrected chi connectivity index (χ2v) is 5.74. The molecule has 0 bridgehead atoms. The van der Waals surface area contributed by atoms with Crippen molar-refractivity contribution in [3.63, 3.8) is 0 Å². The van der Waals surface area contributed by atoms with Crippen LogP contribution >= 0.6 is 0 Å². The number of H-pyrrole nitrogens is 1. The van der Waals surface area contributed by atoms with Crippen molar-refractivity contribution in [1.82, 2.24) is 26.0 Å². The standard InChI is InChI=1S/C19H13N5O3/c25-17-13-7-3-2-6-12(13)16(21-22-17)19(27)24-23-18(26)15-10-9-11-5-1-4-8-14(11)20-15/h1-10H,(H,22,25)(H,23,26)(H,24,27). The highest BCUT2D eigenvalue weighted by Gasteiger charge is 2.15. The molecule has 132 valence electrons. The number of nitrogens with one attached hydrogen (secondary N) is 3. The molecule has 0 unspecified atom stereocenters. The maximum Gasteiger partial charge on any atom is 0.290 e. The maximum absolute atomic E-state index is 12.4. The first-order valence-corrected chi connectivity index (χ1v) is 8.07. The smallest absolute Gasteiger partial charge is 0.267 e. The number of aromatic nitrogens is 3. The number of hydrogen-bond acceptors (Lipinski definition) is 5. The molecule has 0 aliphatic rings. The molecular weight excluding hydrogens is 346 g/mol. The predicted octanol–water partition coefficient (Wildman–Crippen LogP) is 1.55. The molecule has 8 nitrogen and oxygen atoms in total. The second-order valence-electron chi connectivity index (χ2n) is 5.74. The first-order valence-electron chi connectivity index (χ1n) is 8.07. The van der Waals surface area contributed by atoms with Crippen LogP contribution in [-0.4, -0.2) is 27.0 Å². The van der Waals surface area contributed by atoms with Crippen molar-refractivity contribution in [2.75, 3.05) is 0 Å². The van der Waals surface area contributed by atoms with Crippen LogP contribution in [0.15, 0.2) is 65.5 Å². The van der Waals surface area contributed by atoms with Crippen molar-refractivity contribution in [2.24, 2.45) is 0 Å². The zero-order valence-corrected chi connectivity index (χ0v) is 13.9. The molecule has 0 radical (unpaired) electrons. The maximum atomic E-state index is 12.4. The zero-order chi connectivity index (χ0) is 18.8. The quantitative estimate of drug-likeness (QED) is 0.470. The van der Waals surface area contributed by atoms with Crippen molar-refractivity contribution < 1.29 is 9.59 Å². The number of benzene rings is 2. The molecule has 0 saturated carbocycles. The molecule has 2 aromatic carbocycles. The highest BCUT2D eigenvalue weighted by atomic mass is 16.2. The van der Waals surface area contributed by atoms with Gasteiger partial charge in [-0.15, -0.1) is 0 Å². The Kier molecular flexibility index (Phi) is 4.06. The van der Waals surface area contributed by atoms with Crippen molar-refractivity contribution >= 4 is 33.5 Å². The first-order chi connectivity index (χ1) is 13.1. The molecule has 27 heavy (non-hydrogen) atoms. The normalized spacial score (nSPS) is 10.7. The van der Waals surface area contributed by atoms with Crippen LogP contribution in [0.1, 0.15) is 21.0 Å². The van der Waals surface area contributed by atoms with Gasteiger partial charge >= 0.3 is 0 Å². The van der Waals surface area contributed by atoms with Crippen LogP contribution in [0.25, 0.3) is 21.7 Å². The van der Waals surface area contributed by atoms with Gasteiger partial charge in [-0.3, -0.25) is 25.2 Å². The average Bonchev–Trinajstić information content (AvgIpc) is 2.72. The van der Waals surface area contributed by atoms with E-state index in [0.717, 1.165) is 5.39 Å². The van der Waals surface area contributed by atoms with Gasteiger partial charge < -0.3 is 0 Å². The van der Waals surface area contributed by atoms with Gasteiger partial charge in [0.2, 0.25) is 0 Å². The number of hydrazine groups is 1. The lowest BCUT2D eigenvalue weighted by molar-refractivity contribution is 0.0842. The van der Waals surface area contributed by atoms with Crippen LogP contribution in [0.3, 0.4) is 0 Å². The average molecular weight is 359 g/mol. The summed E-state index contributed by atoms with van der Waals surface area (Å²) < 4.78 is 0. The Labute approximate surface area is 152 Å². The van der Waals surface area contributed by atoms with E-state index in [-0.39, 0.29) is 11.4 Å². The van der Waals surface area contributed by atoms with Crippen LogP contribution in [0, 0.1) is 0 Å². The Bertz CT molecular complexity index is 1250. The molecule has 0 spiro atoms. The second kappa shape index (κ2) is 6.68.